The molecule has 0 bridgehead atoms. The second-order valence-corrected chi connectivity index (χ2v) is 7.34. The van der Waals surface area contributed by atoms with Crippen molar-refractivity contribution in [1.29, 1.82) is 0 Å². The number of rotatable bonds is 8. The minimum Gasteiger partial charge on any atom is -0.493 e. The molecule has 0 aromatic heterocycles. The molecule has 1 aliphatic carbocycles. The third kappa shape index (κ3) is 6.14. The Kier molecular flexibility index (Phi) is 8.36. The average molecular weight is 405 g/mol. The Morgan fingerprint density at radius 1 is 1.07 bits per heavy atom. The van der Waals surface area contributed by atoms with E-state index in [9.17, 15) is 9.59 Å². The van der Waals surface area contributed by atoms with Crippen molar-refractivity contribution in [3.63, 3.8) is 0 Å². The van der Waals surface area contributed by atoms with Crippen LogP contribution < -0.4 is 19.5 Å². The molecule has 1 N–H and O–H groups in total. The molecule has 29 heavy (non-hydrogen) atoms. The molecular weight excluding hydrogens is 374 g/mol. The highest BCUT2D eigenvalue weighted by Gasteiger charge is 2.28. The SMILES string of the molecule is COc1cc(/C=C/C(=O)OCC(=O)N[C@H]2CCC[C@H](C)[C@H]2C)cc(OC)c1OC. The number of hydrogen-bond acceptors (Lipinski definition) is 6. The molecule has 160 valence electrons. The second-order valence-electron chi connectivity index (χ2n) is 7.34. The quantitative estimate of drug-likeness (QED) is 0.528. The lowest BCUT2D eigenvalue weighted by Crippen LogP contribution is -2.45. The topological polar surface area (TPSA) is 83.1 Å². The van der Waals surface area contributed by atoms with Gasteiger partial charge in [0, 0.05) is 12.1 Å². The number of hydrogen-bond donors (Lipinski definition) is 1. The summed E-state index contributed by atoms with van der Waals surface area (Å²) in [5.41, 5.74) is 0.672. The molecule has 1 fully saturated rings. The largest absolute Gasteiger partial charge is 0.493 e. The van der Waals surface area contributed by atoms with Gasteiger partial charge in [0.05, 0.1) is 21.3 Å². The third-order valence-electron chi connectivity index (χ3n) is 5.50. The first-order valence-corrected chi connectivity index (χ1v) is 9.83. The molecule has 1 saturated carbocycles. The minimum atomic E-state index is -0.598. The fourth-order valence-electron chi connectivity index (χ4n) is 3.58. The number of amides is 1. The summed E-state index contributed by atoms with van der Waals surface area (Å²) in [7, 11) is 4.56. The van der Waals surface area contributed by atoms with Crippen LogP contribution in [-0.4, -0.2) is 45.9 Å². The van der Waals surface area contributed by atoms with Gasteiger partial charge >= 0.3 is 5.97 Å². The summed E-state index contributed by atoms with van der Waals surface area (Å²) in [5.74, 6) is 1.56. The van der Waals surface area contributed by atoms with Crippen LogP contribution in [0.2, 0.25) is 0 Å². The zero-order valence-corrected chi connectivity index (χ0v) is 17.8. The lowest BCUT2D eigenvalue weighted by molar-refractivity contribution is -0.144. The second kappa shape index (κ2) is 10.7. The number of benzene rings is 1. The molecular formula is C22H31NO6. The maximum atomic E-state index is 12.1. The molecule has 1 aromatic rings. The lowest BCUT2D eigenvalue weighted by atomic mass is 9.78. The Balaban J connectivity index is 1.90. The molecule has 0 aliphatic heterocycles. The van der Waals surface area contributed by atoms with Crippen LogP contribution in [0.4, 0.5) is 0 Å². The monoisotopic (exact) mass is 405 g/mol. The van der Waals surface area contributed by atoms with Gasteiger partial charge in [-0.25, -0.2) is 4.79 Å². The van der Waals surface area contributed by atoms with Crippen molar-refractivity contribution in [1.82, 2.24) is 5.32 Å². The summed E-state index contributed by atoms with van der Waals surface area (Å²) in [5, 5.41) is 2.98. The lowest BCUT2D eigenvalue weighted by Gasteiger charge is -2.34. The predicted octanol–water partition coefficient (Wildman–Crippen LogP) is 3.21. The van der Waals surface area contributed by atoms with Crippen LogP contribution >= 0.6 is 0 Å². The third-order valence-corrected chi connectivity index (χ3v) is 5.50. The van der Waals surface area contributed by atoms with Gasteiger partial charge in [-0.3, -0.25) is 4.79 Å². The van der Waals surface area contributed by atoms with Gasteiger partial charge in [-0.15, -0.1) is 0 Å². The summed E-state index contributed by atoms with van der Waals surface area (Å²) in [6, 6.07) is 3.56. The first kappa shape index (κ1) is 22.6. The fraction of sp³-hybridized carbons (Fsp3) is 0.545. The van der Waals surface area contributed by atoms with E-state index in [1.54, 1.807) is 18.2 Å². The van der Waals surface area contributed by atoms with Crippen molar-refractivity contribution in [2.75, 3.05) is 27.9 Å². The van der Waals surface area contributed by atoms with Crippen molar-refractivity contribution in [2.45, 2.75) is 39.2 Å². The van der Waals surface area contributed by atoms with E-state index >= 15 is 0 Å². The van der Waals surface area contributed by atoms with Gasteiger partial charge in [0.1, 0.15) is 0 Å². The maximum absolute atomic E-state index is 12.1. The highest BCUT2D eigenvalue weighted by molar-refractivity contribution is 5.89. The summed E-state index contributed by atoms with van der Waals surface area (Å²) >= 11 is 0. The van der Waals surface area contributed by atoms with Crippen LogP contribution in [0.5, 0.6) is 17.2 Å². The van der Waals surface area contributed by atoms with Gasteiger partial charge in [0.2, 0.25) is 5.75 Å². The summed E-state index contributed by atoms with van der Waals surface area (Å²) in [4.78, 5) is 24.1. The predicted molar refractivity (Wildman–Crippen MR) is 110 cm³/mol. The van der Waals surface area contributed by atoms with E-state index < -0.39 is 5.97 Å². The zero-order chi connectivity index (χ0) is 21.4. The fourth-order valence-corrected chi connectivity index (χ4v) is 3.58. The molecule has 0 spiro atoms. The molecule has 7 nitrogen and oxygen atoms in total. The van der Waals surface area contributed by atoms with Crippen molar-refractivity contribution < 1.29 is 28.5 Å². The van der Waals surface area contributed by atoms with Crippen LogP contribution in [0.25, 0.3) is 6.08 Å². The minimum absolute atomic E-state index is 0.139. The first-order valence-electron chi connectivity index (χ1n) is 9.83. The van der Waals surface area contributed by atoms with Crippen LogP contribution in [0.15, 0.2) is 18.2 Å². The Labute approximate surface area is 172 Å². The van der Waals surface area contributed by atoms with Gasteiger partial charge in [0.25, 0.3) is 5.91 Å². The van der Waals surface area contributed by atoms with E-state index in [0.29, 0.717) is 34.6 Å². The molecule has 0 saturated heterocycles. The number of nitrogens with one attached hydrogen (secondary N) is 1. The number of methoxy groups -OCH3 is 3. The van der Waals surface area contributed by atoms with Crippen molar-refractivity contribution in [2.24, 2.45) is 11.8 Å². The number of esters is 1. The Bertz CT molecular complexity index is 720. The molecule has 7 heteroatoms. The highest BCUT2D eigenvalue weighted by atomic mass is 16.5. The van der Waals surface area contributed by atoms with E-state index in [2.05, 4.69) is 19.2 Å². The van der Waals surface area contributed by atoms with Crippen LogP contribution in [0.1, 0.15) is 38.7 Å². The number of carbonyl (C=O) groups is 2. The molecule has 1 amide bonds. The summed E-state index contributed by atoms with van der Waals surface area (Å²) in [6.45, 7) is 4.06. The molecule has 1 aliphatic rings. The van der Waals surface area contributed by atoms with E-state index in [1.807, 2.05) is 0 Å². The molecule has 0 heterocycles. The van der Waals surface area contributed by atoms with Gasteiger partial charge in [0.15, 0.2) is 18.1 Å². The smallest absolute Gasteiger partial charge is 0.331 e. The van der Waals surface area contributed by atoms with E-state index in [4.69, 9.17) is 18.9 Å². The Morgan fingerprint density at radius 3 is 2.31 bits per heavy atom. The van der Waals surface area contributed by atoms with Gasteiger partial charge < -0.3 is 24.3 Å². The molecule has 0 unspecified atom stereocenters. The average Bonchev–Trinajstić information content (AvgIpc) is 2.73. The molecule has 0 radical (unpaired) electrons. The maximum Gasteiger partial charge on any atom is 0.331 e. The summed E-state index contributed by atoms with van der Waals surface area (Å²) in [6.07, 6.45) is 6.09. The molecule has 1 aromatic carbocycles. The zero-order valence-electron chi connectivity index (χ0n) is 17.8. The molecule has 3 atom stereocenters. The number of carbonyl (C=O) groups excluding carboxylic acids is 2. The van der Waals surface area contributed by atoms with Crippen LogP contribution in [-0.2, 0) is 14.3 Å². The first-order chi connectivity index (χ1) is 13.9. The van der Waals surface area contributed by atoms with Gasteiger partial charge in [-0.05, 0) is 42.0 Å². The standard InChI is InChI=1S/C22H31NO6/c1-14-7-6-8-17(15(14)2)23-20(24)13-29-21(25)10-9-16-11-18(26-3)22(28-5)19(12-16)27-4/h9-12,14-15,17H,6-8,13H2,1-5H3,(H,23,24)/b10-9+/t14-,15+,17-/m0/s1. The van der Waals surface area contributed by atoms with Gasteiger partial charge in [-0.1, -0.05) is 26.7 Å². The molecule has 2 rings (SSSR count). The Morgan fingerprint density at radius 2 is 1.72 bits per heavy atom. The van der Waals surface area contributed by atoms with Crippen LogP contribution in [0, 0.1) is 11.8 Å². The van der Waals surface area contributed by atoms with Crippen molar-refractivity contribution in [3.8, 4) is 17.2 Å². The normalized spacial score (nSPS) is 21.5. The van der Waals surface area contributed by atoms with E-state index in [0.717, 1.165) is 12.8 Å². The van der Waals surface area contributed by atoms with Gasteiger partial charge in [-0.2, -0.15) is 0 Å². The summed E-state index contributed by atoms with van der Waals surface area (Å²) < 4.78 is 20.9. The van der Waals surface area contributed by atoms with Crippen LogP contribution in [0.3, 0.4) is 0 Å². The highest BCUT2D eigenvalue weighted by Crippen LogP contribution is 2.38. The van der Waals surface area contributed by atoms with Crippen molar-refractivity contribution in [3.05, 3.63) is 23.8 Å². The Hall–Kier alpha value is -2.70. The number of ether oxygens (including phenoxy) is 4. The van der Waals surface area contributed by atoms with E-state index in [-0.39, 0.29) is 18.6 Å². The van der Waals surface area contributed by atoms with E-state index in [1.165, 1.54) is 33.8 Å². The van der Waals surface area contributed by atoms with Crippen molar-refractivity contribution >= 4 is 18.0 Å².